The van der Waals surface area contributed by atoms with Gasteiger partial charge < -0.3 is 16.0 Å². The van der Waals surface area contributed by atoms with Gasteiger partial charge in [-0.1, -0.05) is 19.3 Å². The Morgan fingerprint density at radius 3 is 2.41 bits per heavy atom. The second-order valence-corrected chi connectivity index (χ2v) is 15.7. The molecule has 1 amide bonds. The van der Waals surface area contributed by atoms with E-state index < -0.39 is 0 Å². The second kappa shape index (κ2) is 12.8. The Bertz CT molecular complexity index is 934. The van der Waals surface area contributed by atoms with Crippen LogP contribution in [0.15, 0.2) is 0 Å². The minimum absolute atomic E-state index is 0.103. The number of carbonyl (C=O) groups is 1. The van der Waals surface area contributed by atoms with Crippen LogP contribution >= 0.6 is 0 Å². The van der Waals surface area contributed by atoms with Crippen LogP contribution in [0.2, 0.25) is 0 Å². The number of fused-ring (bicyclic) bond motifs is 3. The minimum Gasteiger partial charge on any atom is -0.352 e. The van der Waals surface area contributed by atoms with Crippen molar-refractivity contribution in [3.05, 3.63) is 0 Å². The Balaban J connectivity index is 1.18. The van der Waals surface area contributed by atoms with Crippen LogP contribution in [0.4, 0.5) is 0 Å². The van der Waals surface area contributed by atoms with Crippen LogP contribution in [-0.2, 0) is 4.79 Å². The topological polar surface area (TPSA) is 92.2 Å². The standard InChI is InChI=1S/C34H58N6O/c1-22(41)38-28-15-26(17-36-18-28)25-11-14-30-29(16-25)32-31(19-37-30)40(20-23-7-5-4-6-8-23)39-33(32)24-9-12-27(13-10-24)34(2,3)21-35/h23-33,36-37,39H,4-20H2,1-3H3,(H,38,41). The lowest BCUT2D eigenvalue weighted by Gasteiger charge is -2.50. The second-order valence-electron chi connectivity index (χ2n) is 15.7. The van der Waals surface area contributed by atoms with E-state index in [-0.39, 0.29) is 17.4 Å². The third-order valence-corrected chi connectivity index (χ3v) is 12.8. The predicted octanol–water partition coefficient (Wildman–Crippen LogP) is 4.60. The molecule has 3 saturated heterocycles. The minimum atomic E-state index is -0.205. The van der Waals surface area contributed by atoms with Gasteiger partial charge in [0.2, 0.25) is 5.91 Å². The number of nitriles is 1. The molecule has 0 bridgehead atoms. The molecule has 3 aliphatic carbocycles. The maximum absolute atomic E-state index is 11.8. The van der Waals surface area contributed by atoms with E-state index in [1.54, 1.807) is 6.92 Å². The lowest BCUT2D eigenvalue weighted by molar-refractivity contribution is -0.119. The van der Waals surface area contributed by atoms with Gasteiger partial charge in [0.25, 0.3) is 0 Å². The normalized spacial score (nSPS) is 42.6. The Hall–Kier alpha value is -1.20. The molecule has 4 N–H and O–H groups in total. The highest BCUT2D eigenvalue weighted by Gasteiger charge is 2.54. The number of rotatable bonds is 6. The molecular weight excluding hydrogens is 508 g/mol. The molecule has 6 rings (SSSR count). The highest BCUT2D eigenvalue weighted by Crippen LogP contribution is 2.50. The summed E-state index contributed by atoms with van der Waals surface area (Å²) in [5.41, 5.74) is 4.04. The zero-order valence-corrected chi connectivity index (χ0v) is 26.2. The molecule has 230 valence electrons. The fourth-order valence-corrected chi connectivity index (χ4v) is 10.5. The summed E-state index contributed by atoms with van der Waals surface area (Å²) < 4.78 is 0. The number of hydrogen-bond acceptors (Lipinski definition) is 6. The van der Waals surface area contributed by atoms with Crippen LogP contribution in [0.25, 0.3) is 0 Å². The van der Waals surface area contributed by atoms with Gasteiger partial charge in [0, 0.05) is 50.7 Å². The molecule has 0 radical (unpaired) electrons. The van der Waals surface area contributed by atoms with Crippen molar-refractivity contribution >= 4 is 5.91 Å². The van der Waals surface area contributed by atoms with Gasteiger partial charge >= 0.3 is 0 Å². The van der Waals surface area contributed by atoms with Crippen LogP contribution in [-0.4, -0.2) is 61.3 Å². The van der Waals surface area contributed by atoms with E-state index >= 15 is 0 Å². The van der Waals surface area contributed by atoms with Crippen molar-refractivity contribution in [2.45, 2.75) is 128 Å². The SMILES string of the molecule is CC(=O)NC1CNCC(C2CCC3NCC4C(C3C2)C(C2CCC(C(C)(C)C#N)CC2)NN4CC2CCCCC2)C1. The van der Waals surface area contributed by atoms with Crippen molar-refractivity contribution in [3.63, 3.8) is 0 Å². The predicted molar refractivity (Wildman–Crippen MR) is 164 cm³/mol. The summed E-state index contributed by atoms with van der Waals surface area (Å²) in [4.78, 5) is 11.8. The average molecular weight is 567 g/mol. The van der Waals surface area contributed by atoms with E-state index in [2.05, 4.69) is 46.3 Å². The first kappa shape index (κ1) is 29.9. The fraction of sp³-hybridized carbons (Fsp3) is 0.941. The molecule has 7 nitrogen and oxygen atoms in total. The Kier molecular flexibility index (Phi) is 9.32. The van der Waals surface area contributed by atoms with Crippen LogP contribution < -0.4 is 21.4 Å². The van der Waals surface area contributed by atoms with E-state index in [1.165, 1.54) is 83.6 Å². The van der Waals surface area contributed by atoms with Crippen molar-refractivity contribution in [1.82, 2.24) is 26.4 Å². The van der Waals surface area contributed by atoms with E-state index in [0.29, 0.717) is 30.0 Å². The van der Waals surface area contributed by atoms with Crippen molar-refractivity contribution in [1.29, 1.82) is 5.26 Å². The van der Waals surface area contributed by atoms with Gasteiger partial charge in [-0.05, 0) is 126 Å². The first-order valence-corrected chi connectivity index (χ1v) is 17.5. The van der Waals surface area contributed by atoms with Crippen molar-refractivity contribution < 1.29 is 4.79 Å². The molecule has 41 heavy (non-hydrogen) atoms. The number of nitrogens with zero attached hydrogens (tertiary/aromatic N) is 2. The highest BCUT2D eigenvalue weighted by molar-refractivity contribution is 5.73. The van der Waals surface area contributed by atoms with Crippen LogP contribution in [0.3, 0.4) is 0 Å². The Labute approximate surface area is 249 Å². The molecule has 6 aliphatic rings. The van der Waals surface area contributed by atoms with Gasteiger partial charge in [0.1, 0.15) is 0 Å². The van der Waals surface area contributed by atoms with E-state index in [4.69, 9.17) is 0 Å². The summed E-state index contributed by atoms with van der Waals surface area (Å²) in [5, 5.41) is 23.5. The van der Waals surface area contributed by atoms with Crippen molar-refractivity contribution in [3.8, 4) is 6.07 Å². The van der Waals surface area contributed by atoms with Gasteiger partial charge in [-0.25, -0.2) is 5.01 Å². The molecule has 3 heterocycles. The van der Waals surface area contributed by atoms with E-state index in [9.17, 15) is 10.1 Å². The summed E-state index contributed by atoms with van der Waals surface area (Å²) in [6.07, 6.45) is 17.1. The Morgan fingerprint density at radius 1 is 0.927 bits per heavy atom. The van der Waals surface area contributed by atoms with Crippen LogP contribution in [0.5, 0.6) is 0 Å². The van der Waals surface area contributed by atoms with Crippen molar-refractivity contribution in [2.24, 2.45) is 46.8 Å². The fourth-order valence-electron chi connectivity index (χ4n) is 10.5. The molecule has 8 unspecified atom stereocenters. The molecule has 7 heteroatoms. The number of nitrogens with one attached hydrogen (secondary N) is 4. The first-order chi connectivity index (χ1) is 19.8. The monoisotopic (exact) mass is 566 g/mol. The van der Waals surface area contributed by atoms with Gasteiger partial charge in [-0.15, -0.1) is 0 Å². The maximum Gasteiger partial charge on any atom is 0.217 e. The van der Waals surface area contributed by atoms with Gasteiger partial charge in [-0.2, -0.15) is 5.26 Å². The molecule has 8 atom stereocenters. The number of carbonyl (C=O) groups excluding carboxylic acids is 1. The molecule has 0 aromatic carbocycles. The quantitative estimate of drug-likeness (QED) is 0.376. The largest absolute Gasteiger partial charge is 0.352 e. The number of amides is 1. The van der Waals surface area contributed by atoms with E-state index in [1.807, 2.05) is 0 Å². The summed E-state index contributed by atoms with van der Waals surface area (Å²) in [6, 6.07) is 4.74. The van der Waals surface area contributed by atoms with E-state index in [0.717, 1.165) is 55.6 Å². The van der Waals surface area contributed by atoms with Crippen LogP contribution in [0, 0.1) is 58.2 Å². The van der Waals surface area contributed by atoms with Gasteiger partial charge in [0.15, 0.2) is 0 Å². The maximum atomic E-state index is 11.8. The van der Waals surface area contributed by atoms with Gasteiger partial charge in [-0.3, -0.25) is 10.2 Å². The smallest absolute Gasteiger partial charge is 0.217 e. The molecule has 3 aliphatic heterocycles. The summed E-state index contributed by atoms with van der Waals surface area (Å²) in [7, 11) is 0. The third-order valence-electron chi connectivity index (χ3n) is 12.8. The zero-order valence-electron chi connectivity index (χ0n) is 26.2. The summed E-state index contributed by atoms with van der Waals surface area (Å²) >= 11 is 0. The lowest BCUT2D eigenvalue weighted by Crippen LogP contribution is -2.60. The Morgan fingerprint density at radius 2 is 1.68 bits per heavy atom. The zero-order chi connectivity index (χ0) is 28.6. The number of piperidine rings is 2. The van der Waals surface area contributed by atoms with Crippen molar-refractivity contribution in [2.75, 3.05) is 26.2 Å². The number of hydrazine groups is 1. The molecular formula is C34H58N6O. The molecule has 0 aromatic heterocycles. The average Bonchev–Trinajstić information content (AvgIpc) is 3.36. The summed E-state index contributed by atoms with van der Waals surface area (Å²) in [5.74, 6) is 5.08. The molecule has 3 saturated carbocycles. The third kappa shape index (κ3) is 6.52. The first-order valence-electron chi connectivity index (χ1n) is 17.5. The molecule has 0 aromatic rings. The molecule has 0 spiro atoms. The van der Waals surface area contributed by atoms with Gasteiger partial charge in [0.05, 0.1) is 11.5 Å². The highest BCUT2D eigenvalue weighted by atomic mass is 16.1. The summed E-state index contributed by atoms with van der Waals surface area (Å²) in [6.45, 7) is 10.3. The van der Waals surface area contributed by atoms with Crippen LogP contribution in [0.1, 0.15) is 104 Å². The number of hydrogen-bond donors (Lipinski definition) is 4. The molecule has 6 fully saturated rings. The lowest BCUT2D eigenvalue weighted by atomic mass is 9.60.